The van der Waals surface area contributed by atoms with E-state index in [4.69, 9.17) is 21.1 Å². The van der Waals surface area contributed by atoms with Crippen LogP contribution in [0.4, 0.5) is 0 Å². The van der Waals surface area contributed by atoms with E-state index in [1.54, 1.807) is 19.1 Å². The third kappa shape index (κ3) is 5.08. The highest BCUT2D eigenvalue weighted by atomic mass is 35.5. The first-order chi connectivity index (χ1) is 14.0. The zero-order valence-corrected chi connectivity index (χ0v) is 18.2. The zero-order valence-electron chi connectivity index (χ0n) is 16.6. The van der Waals surface area contributed by atoms with Crippen LogP contribution in [0.1, 0.15) is 18.2 Å². The van der Waals surface area contributed by atoms with Crippen LogP contribution in [0.15, 0.2) is 47.8 Å². The summed E-state index contributed by atoms with van der Waals surface area (Å²) in [6.07, 6.45) is 0.252. The molecule has 3 aromatic rings. The summed E-state index contributed by atoms with van der Waals surface area (Å²) in [7, 11) is 3.20. The van der Waals surface area contributed by atoms with Crippen molar-refractivity contribution in [1.82, 2.24) is 9.88 Å². The van der Waals surface area contributed by atoms with Gasteiger partial charge in [-0.1, -0.05) is 35.9 Å². The van der Waals surface area contributed by atoms with Gasteiger partial charge in [0.25, 0.3) is 0 Å². The molecular weight excluding hydrogens is 408 g/mol. The predicted molar refractivity (Wildman–Crippen MR) is 117 cm³/mol. The Morgan fingerprint density at radius 3 is 2.59 bits per heavy atom. The summed E-state index contributed by atoms with van der Waals surface area (Å²) in [6.45, 7) is 3.07. The molecule has 0 spiro atoms. The minimum absolute atomic E-state index is 0.0262. The molecule has 0 aliphatic heterocycles. The predicted octanol–water partition coefficient (Wildman–Crippen LogP) is 5.07. The monoisotopic (exact) mass is 430 g/mol. The van der Waals surface area contributed by atoms with Gasteiger partial charge in [-0.05, 0) is 30.7 Å². The highest BCUT2D eigenvalue weighted by Crippen LogP contribution is 2.31. The largest absolute Gasteiger partial charge is 0.493 e. The molecule has 2 aromatic carbocycles. The number of aromatic nitrogens is 1. The lowest BCUT2D eigenvalue weighted by Gasteiger charge is -2.21. The van der Waals surface area contributed by atoms with Gasteiger partial charge in [0.1, 0.15) is 5.01 Å². The van der Waals surface area contributed by atoms with E-state index in [0.717, 1.165) is 21.8 Å². The van der Waals surface area contributed by atoms with Crippen LogP contribution in [0.3, 0.4) is 0 Å². The number of hydrogen-bond acceptors (Lipinski definition) is 5. The van der Waals surface area contributed by atoms with Crippen LogP contribution in [0.2, 0.25) is 5.02 Å². The van der Waals surface area contributed by atoms with Crippen LogP contribution >= 0.6 is 22.9 Å². The highest BCUT2D eigenvalue weighted by molar-refractivity contribution is 7.13. The Labute approximate surface area is 179 Å². The number of nitrogens with zero attached hydrogens (tertiary/aromatic N) is 2. The van der Waals surface area contributed by atoms with Gasteiger partial charge in [-0.15, -0.1) is 11.3 Å². The van der Waals surface area contributed by atoms with Crippen molar-refractivity contribution in [2.45, 2.75) is 19.9 Å². The van der Waals surface area contributed by atoms with E-state index in [9.17, 15) is 4.79 Å². The van der Waals surface area contributed by atoms with Gasteiger partial charge < -0.3 is 14.4 Å². The quantitative estimate of drug-likeness (QED) is 0.500. The van der Waals surface area contributed by atoms with Crippen molar-refractivity contribution < 1.29 is 14.3 Å². The van der Waals surface area contributed by atoms with Gasteiger partial charge in [0.2, 0.25) is 5.91 Å². The molecule has 0 saturated carbocycles. The van der Waals surface area contributed by atoms with Gasteiger partial charge in [-0.2, -0.15) is 0 Å². The molecule has 0 aliphatic rings. The molecule has 0 atom stereocenters. The summed E-state index contributed by atoms with van der Waals surface area (Å²) in [4.78, 5) is 19.3. The van der Waals surface area contributed by atoms with E-state index in [1.165, 1.54) is 11.3 Å². The van der Waals surface area contributed by atoms with Gasteiger partial charge in [0.05, 0.1) is 31.4 Å². The molecule has 0 fully saturated rings. The number of thiazole rings is 1. The Kier molecular flexibility index (Phi) is 7.12. The second-order valence-corrected chi connectivity index (χ2v) is 7.66. The number of ether oxygens (including phenoxy) is 2. The molecule has 0 unspecified atom stereocenters. The fraction of sp³-hybridized carbons (Fsp3) is 0.273. The van der Waals surface area contributed by atoms with Gasteiger partial charge >= 0.3 is 0 Å². The molecule has 7 heteroatoms. The van der Waals surface area contributed by atoms with E-state index in [1.807, 2.05) is 54.8 Å². The van der Waals surface area contributed by atoms with Crippen molar-refractivity contribution in [2.24, 2.45) is 0 Å². The summed E-state index contributed by atoms with van der Waals surface area (Å²) in [5.41, 5.74) is 2.61. The Balaban J connectivity index is 1.70. The van der Waals surface area contributed by atoms with Crippen molar-refractivity contribution in [1.29, 1.82) is 0 Å². The molecule has 1 amide bonds. The van der Waals surface area contributed by atoms with Crippen molar-refractivity contribution in [3.8, 4) is 22.1 Å². The minimum Gasteiger partial charge on any atom is -0.493 e. The SMILES string of the molecule is CCN(Cc1ccc(OC)c(OC)c1)C(=O)Cc1csc(-c2ccccc2Cl)n1. The third-order valence-electron chi connectivity index (χ3n) is 4.54. The average molecular weight is 431 g/mol. The fourth-order valence-electron chi connectivity index (χ4n) is 2.99. The summed E-state index contributed by atoms with van der Waals surface area (Å²) in [6, 6.07) is 13.3. The summed E-state index contributed by atoms with van der Waals surface area (Å²) in [5, 5.41) is 3.39. The maximum absolute atomic E-state index is 12.8. The van der Waals surface area contributed by atoms with Crippen LogP contribution in [0.5, 0.6) is 11.5 Å². The van der Waals surface area contributed by atoms with Crippen LogP contribution in [-0.4, -0.2) is 36.6 Å². The number of amides is 1. The van der Waals surface area contributed by atoms with E-state index in [-0.39, 0.29) is 12.3 Å². The van der Waals surface area contributed by atoms with Crippen molar-refractivity contribution in [3.05, 3.63) is 64.1 Å². The van der Waals surface area contributed by atoms with Gasteiger partial charge in [0.15, 0.2) is 11.5 Å². The van der Waals surface area contributed by atoms with Crippen molar-refractivity contribution >= 4 is 28.8 Å². The molecule has 0 aliphatic carbocycles. The first-order valence-corrected chi connectivity index (χ1v) is 10.5. The molecule has 0 N–H and O–H groups in total. The summed E-state index contributed by atoms with van der Waals surface area (Å²) >= 11 is 7.75. The Morgan fingerprint density at radius 2 is 1.90 bits per heavy atom. The van der Waals surface area contributed by atoms with Crippen molar-refractivity contribution in [2.75, 3.05) is 20.8 Å². The number of carbonyl (C=O) groups excluding carboxylic acids is 1. The summed E-state index contributed by atoms with van der Waals surface area (Å²) < 4.78 is 10.6. The first kappa shape index (κ1) is 21.1. The van der Waals surface area contributed by atoms with Gasteiger partial charge in [0, 0.05) is 24.0 Å². The topological polar surface area (TPSA) is 51.7 Å². The van der Waals surface area contributed by atoms with E-state index in [2.05, 4.69) is 4.98 Å². The Bertz CT molecular complexity index is 990. The second-order valence-electron chi connectivity index (χ2n) is 6.40. The molecule has 0 bridgehead atoms. The molecule has 3 rings (SSSR count). The average Bonchev–Trinajstić information content (AvgIpc) is 3.20. The zero-order chi connectivity index (χ0) is 20.8. The van der Waals surface area contributed by atoms with E-state index >= 15 is 0 Å². The molecular formula is C22H23ClN2O3S. The lowest BCUT2D eigenvalue weighted by Crippen LogP contribution is -2.31. The van der Waals surface area contributed by atoms with Gasteiger partial charge in [-0.25, -0.2) is 4.98 Å². The number of rotatable bonds is 8. The first-order valence-electron chi connectivity index (χ1n) is 9.23. The maximum Gasteiger partial charge on any atom is 0.228 e. The smallest absolute Gasteiger partial charge is 0.228 e. The molecule has 29 heavy (non-hydrogen) atoms. The van der Waals surface area contributed by atoms with Crippen LogP contribution in [-0.2, 0) is 17.8 Å². The standard InChI is InChI=1S/C22H23ClN2O3S/c1-4-25(13-15-9-10-19(27-2)20(11-15)28-3)21(26)12-16-14-29-22(24-16)17-7-5-6-8-18(17)23/h5-11,14H,4,12-13H2,1-3H3. The highest BCUT2D eigenvalue weighted by Gasteiger charge is 2.17. The van der Waals surface area contributed by atoms with Crippen LogP contribution < -0.4 is 9.47 Å². The Morgan fingerprint density at radius 1 is 1.14 bits per heavy atom. The number of carbonyl (C=O) groups is 1. The maximum atomic E-state index is 12.8. The van der Waals surface area contributed by atoms with E-state index in [0.29, 0.717) is 29.6 Å². The number of benzene rings is 2. The lowest BCUT2D eigenvalue weighted by molar-refractivity contribution is -0.130. The number of hydrogen-bond donors (Lipinski definition) is 0. The van der Waals surface area contributed by atoms with Gasteiger partial charge in [-0.3, -0.25) is 4.79 Å². The summed E-state index contributed by atoms with van der Waals surface area (Å²) in [5.74, 6) is 1.34. The molecule has 152 valence electrons. The van der Waals surface area contributed by atoms with Crippen LogP contribution in [0, 0.1) is 0 Å². The fourth-order valence-corrected chi connectivity index (χ4v) is 4.13. The molecule has 1 heterocycles. The van der Waals surface area contributed by atoms with Crippen LogP contribution in [0.25, 0.3) is 10.6 Å². The third-order valence-corrected chi connectivity index (χ3v) is 5.80. The van der Waals surface area contributed by atoms with Crippen molar-refractivity contribution in [3.63, 3.8) is 0 Å². The minimum atomic E-state index is 0.0262. The molecule has 0 saturated heterocycles. The second kappa shape index (κ2) is 9.76. The number of methoxy groups -OCH3 is 2. The normalized spacial score (nSPS) is 10.6. The Hall–Kier alpha value is -2.57. The lowest BCUT2D eigenvalue weighted by atomic mass is 10.1. The number of halogens is 1. The molecule has 1 aromatic heterocycles. The number of likely N-dealkylation sites (N-methyl/N-ethyl adjacent to an activating group) is 1. The van der Waals surface area contributed by atoms with E-state index < -0.39 is 0 Å². The molecule has 0 radical (unpaired) electrons. The molecule has 5 nitrogen and oxygen atoms in total.